The summed E-state index contributed by atoms with van der Waals surface area (Å²) in [7, 11) is -1.33. The molecule has 0 amide bonds. The summed E-state index contributed by atoms with van der Waals surface area (Å²) in [5.41, 5.74) is 0. The van der Waals surface area contributed by atoms with Crippen LogP contribution in [-0.4, -0.2) is 44.2 Å². The quantitative estimate of drug-likeness (QED) is 0.800. The Labute approximate surface area is 111 Å². The molecule has 2 atom stereocenters. The third kappa shape index (κ3) is 3.68. The molecule has 2 fully saturated rings. The van der Waals surface area contributed by atoms with E-state index in [9.17, 15) is 8.42 Å². The number of hydrogen-bond donors (Lipinski definition) is 1. The Morgan fingerprint density at radius 3 is 2.56 bits per heavy atom. The molecule has 2 rings (SSSR count). The van der Waals surface area contributed by atoms with E-state index in [0.29, 0.717) is 12.0 Å². The molecule has 1 heterocycles. The van der Waals surface area contributed by atoms with Crippen LogP contribution in [0.5, 0.6) is 0 Å². The maximum Gasteiger partial charge on any atom is 0.214 e. The van der Waals surface area contributed by atoms with Gasteiger partial charge in [0.05, 0.1) is 5.75 Å². The van der Waals surface area contributed by atoms with Crippen LogP contribution in [0.15, 0.2) is 0 Å². The van der Waals surface area contributed by atoms with Crippen LogP contribution in [0, 0.1) is 5.92 Å². The first-order valence-corrected chi connectivity index (χ1v) is 8.81. The summed E-state index contributed by atoms with van der Waals surface area (Å²) in [4.78, 5) is 0. The zero-order valence-corrected chi connectivity index (χ0v) is 12.4. The van der Waals surface area contributed by atoms with Gasteiger partial charge < -0.3 is 5.32 Å². The van der Waals surface area contributed by atoms with Gasteiger partial charge in [-0.2, -0.15) is 0 Å². The lowest BCUT2D eigenvalue weighted by Gasteiger charge is -2.27. The number of nitrogens with zero attached hydrogens (tertiary/aromatic N) is 1. The molecule has 1 saturated heterocycles. The maximum atomic E-state index is 12.2. The third-order valence-corrected chi connectivity index (χ3v) is 6.41. The largest absolute Gasteiger partial charge is 0.314 e. The van der Waals surface area contributed by atoms with Crippen LogP contribution in [0.2, 0.25) is 0 Å². The molecule has 2 unspecified atom stereocenters. The van der Waals surface area contributed by atoms with Crippen molar-refractivity contribution in [2.45, 2.75) is 57.5 Å². The Hall–Kier alpha value is -0.130. The van der Waals surface area contributed by atoms with E-state index >= 15 is 0 Å². The Kier molecular flexibility index (Phi) is 4.67. The lowest BCUT2D eigenvalue weighted by Crippen LogP contribution is -2.41. The highest BCUT2D eigenvalue weighted by atomic mass is 32.2. The van der Waals surface area contributed by atoms with Crippen LogP contribution >= 0.6 is 0 Å². The van der Waals surface area contributed by atoms with Crippen LogP contribution < -0.4 is 5.32 Å². The molecule has 1 saturated carbocycles. The average molecular weight is 274 g/mol. The van der Waals surface area contributed by atoms with Gasteiger partial charge >= 0.3 is 0 Å². The van der Waals surface area contributed by atoms with Gasteiger partial charge in [-0.3, -0.25) is 0 Å². The SMILES string of the molecule is CC(C1CC1)N(C)S(=O)(=O)CCC1CCCCN1. The first kappa shape index (κ1) is 14.3. The standard InChI is InChI=1S/C13H26N2O2S/c1-11(12-6-7-12)15(2)18(16,17)10-8-13-5-3-4-9-14-13/h11-14H,3-10H2,1-2H3. The molecule has 2 aliphatic rings. The summed E-state index contributed by atoms with van der Waals surface area (Å²) in [5, 5.41) is 3.41. The van der Waals surface area contributed by atoms with Crippen molar-refractivity contribution in [1.82, 2.24) is 9.62 Å². The average Bonchev–Trinajstić information content (AvgIpc) is 3.20. The van der Waals surface area contributed by atoms with Gasteiger partial charge in [-0.05, 0) is 51.5 Å². The first-order valence-electron chi connectivity index (χ1n) is 7.20. The lowest BCUT2D eigenvalue weighted by atomic mass is 10.0. The van der Waals surface area contributed by atoms with Crippen molar-refractivity contribution in [2.75, 3.05) is 19.3 Å². The van der Waals surface area contributed by atoms with E-state index in [4.69, 9.17) is 0 Å². The summed E-state index contributed by atoms with van der Waals surface area (Å²) in [5.74, 6) is 0.885. The predicted molar refractivity (Wildman–Crippen MR) is 74.0 cm³/mol. The predicted octanol–water partition coefficient (Wildman–Crippen LogP) is 1.58. The molecule has 106 valence electrons. The topological polar surface area (TPSA) is 49.4 Å². The number of rotatable bonds is 6. The molecule has 0 radical (unpaired) electrons. The van der Waals surface area contributed by atoms with Gasteiger partial charge in [-0.15, -0.1) is 0 Å². The van der Waals surface area contributed by atoms with E-state index < -0.39 is 10.0 Å². The Morgan fingerprint density at radius 1 is 1.28 bits per heavy atom. The van der Waals surface area contributed by atoms with E-state index in [1.165, 1.54) is 25.7 Å². The van der Waals surface area contributed by atoms with Crippen molar-refractivity contribution in [3.05, 3.63) is 0 Å². The molecular formula is C13H26N2O2S. The molecule has 0 aromatic carbocycles. The Morgan fingerprint density at radius 2 is 2.00 bits per heavy atom. The van der Waals surface area contributed by atoms with E-state index in [2.05, 4.69) is 5.32 Å². The zero-order chi connectivity index (χ0) is 13.2. The fourth-order valence-electron chi connectivity index (χ4n) is 2.73. The van der Waals surface area contributed by atoms with E-state index in [-0.39, 0.29) is 11.8 Å². The van der Waals surface area contributed by atoms with Crippen LogP contribution in [0.1, 0.15) is 45.4 Å². The maximum absolute atomic E-state index is 12.2. The summed E-state index contributed by atoms with van der Waals surface area (Å²) in [6, 6.07) is 0.576. The van der Waals surface area contributed by atoms with Crippen LogP contribution in [-0.2, 0) is 10.0 Å². The van der Waals surface area contributed by atoms with Crippen LogP contribution in [0.3, 0.4) is 0 Å². The van der Waals surface area contributed by atoms with E-state index in [0.717, 1.165) is 19.4 Å². The van der Waals surface area contributed by atoms with Crippen LogP contribution in [0.4, 0.5) is 0 Å². The number of sulfonamides is 1. The van der Waals surface area contributed by atoms with Gasteiger partial charge in [0.15, 0.2) is 0 Å². The molecule has 4 nitrogen and oxygen atoms in total. The summed E-state index contributed by atoms with van der Waals surface area (Å²) in [6.45, 7) is 3.08. The van der Waals surface area contributed by atoms with Gasteiger partial charge in [0, 0.05) is 19.1 Å². The fraction of sp³-hybridized carbons (Fsp3) is 1.00. The molecule has 0 bridgehead atoms. The van der Waals surface area contributed by atoms with E-state index in [1.54, 1.807) is 11.4 Å². The molecule has 1 aliphatic carbocycles. The van der Waals surface area contributed by atoms with Crippen molar-refractivity contribution in [1.29, 1.82) is 0 Å². The highest BCUT2D eigenvalue weighted by Crippen LogP contribution is 2.35. The summed E-state index contributed by atoms with van der Waals surface area (Å²) >= 11 is 0. The molecular weight excluding hydrogens is 248 g/mol. The molecule has 0 aromatic heterocycles. The number of hydrogen-bond acceptors (Lipinski definition) is 3. The van der Waals surface area contributed by atoms with E-state index in [1.807, 2.05) is 6.92 Å². The van der Waals surface area contributed by atoms with Crippen molar-refractivity contribution < 1.29 is 8.42 Å². The Bertz CT molecular complexity index is 359. The van der Waals surface area contributed by atoms with Crippen molar-refractivity contribution in [2.24, 2.45) is 5.92 Å². The van der Waals surface area contributed by atoms with Crippen molar-refractivity contribution in [3.63, 3.8) is 0 Å². The number of piperidine rings is 1. The molecule has 18 heavy (non-hydrogen) atoms. The van der Waals surface area contributed by atoms with Crippen molar-refractivity contribution in [3.8, 4) is 0 Å². The normalized spacial score (nSPS) is 27.4. The second-order valence-electron chi connectivity index (χ2n) is 5.85. The van der Waals surface area contributed by atoms with Crippen LogP contribution in [0.25, 0.3) is 0 Å². The van der Waals surface area contributed by atoms with Gasteiger partial charge in [0.2, 0.25) is 10.0 Å². The Balaban J connectivity index is 1.81. The second-order valence-corrected chi connectivity index (χ2v) is 7.99. The van der Waals surface area contributed by atoms with Gasteiger partial charge in [0.25, 0.3) is 0 Å². The molecule has 0 aromatic rings. The first-order chi connectivity index (χ1) is 8.50. The van der Waals surface area contributed by atoms with Crippen molar-refractivity contribution >= 4 is 10.0 Å². The fourth-order valence-corrected chi connectivity index (χ4v) is 4.28. The van der Waals surface area contributed by atoms with Gasteiger partial charge in [-0.25, -0.2) is 12.7 Å². The zero-order valence-electron chi connectivity index (χ0n) is 11.6. The summed E-state index contributed by atoms with van der Waals surface area (Å²) < 4.78 is 26.1. The highest BCUT2D eigenvalue weighted by Gasteiger charge is 2.35. The minimum atomic E-state index is -3.07. The van der Waals surface area contributed by atoms with Gasteiger partial charge in [0.1, 0.15) is 0 Å². The highest BCUT2D eigenvalue weighted by molar-refractivity contribution is 7.89. The number of nitrogens with one attached hydrogen (secondary N) is 1. The smallest absolute Gasteiger partial charge is 0.214 e. The minimum Gasteiger partial charge on any atom is -0.314 e. The monoisotopic (exact) mass is 274 g/mol. The second kappa shape index (κ2) is 5.88. The molecule has 1 N–H and O–H groups in total. The summed E-state index contributed by atoms with van der Waals surface area (Å²) in [6.07, 6.45) is 6.70. The lowest BCUT2D eigenvalue weighted by molar-refractivity contribution is 0.350. The molecule has 1 aliphatic heterocycles. The molecule has 5 heteroatoms. The van der Waals surface area contributed by atoms with Gasteiger partial charge in [-0.1, -0.05) is 6.42 Å². The minimum absolute atomic E-state index is 0.175. The molecule has 0 spiro atoms. The third-order valence-electron chi connectivity index (χ3n) is 4.45.